The Morgan fingerprint density at radius 3 is 2.59 bits per heavy atom. The van der Waals surface area contributed by atoms with Crippen LogP contribution in [0, 0.1) is 0 Å². The van der Waals surface area contributed by atoms with Crippen molar-refractivity contribution in [3.8, 4) is 17.1 Å². The molecule has 1 aliphatic rings. The number of hydrogen-bond acceptors (Lipinski definition) is 4. The minimum atomic E-state index is 0.0984. The van der Waals surface area contributed by atoms with Crippen LogP contribution >= 0.6 is 0 Å². The molecule has 0 saturated carbocycles. The Balaban J connectivity index is 1.42. The van der Waals surface area contributed by atoms with Crippen molar-refractivity contribution in [2.24, 2.45) is 0 Å². The van der Waals surface area contributed by atoms with Crippen LogP contribution in [-0.2, 0) is 0 Å². The lowest BCUT2D eigenvalue weighted by molar-refractivity contribution is 0.0793. The zero-order chi connectivity index (χ0) is 18.2. The molecule has 7 heteroatoms. The van der Waals surface area contributed by atoms with Gasteiger partial charge in [-0.1, -0.05) is 23.4 Å². The van der Waals surface area contributed by atoms with Crippen molar-refractivity contribution in [2.45, 2.75) is 12.8 Å². The maximum atomic E-state index is 12.5. The number of hydrogen-bond donors (Lipinski definition) is 1. The van der Waals surface area contributed by atoms with Crippen LogP contribution in [0.5, 0.6) is 0 Å². The molecule has 2 aromatic heterocycles. The third-order valence-electron chi connectivity index (χ3n) is 4.98. The summed E-state index contributed by atoms with van der Waals surface area (Å²) in [6, 6.07) is 15.4. The van der Waals surface area contributed by atoms with Gasteiger partial charge in [0.15, 0.2) is 0 Å². The van der Waals surface area contributed by atoms with E-state index in [1.54, 1.807) is 4.68 Å². The number of aromatic amines is 1. The number of carbonyl (C=O) groups is 1. The van der Waals surface area contributed by atoms with Crippen molar-refractivity contribution in [1.82, 2.24) is 30.1 Å². The van der Waals surface area contributed by atoms with Crippen LogP contribution in [0.1, 0.15) is 23.2 Å². The van der Waals surface area contributed by atoms with E-state index >= 15 is 0 Å². The minimum Gasteiger partial charge on any atom is -0.339 e. The topological polar surface area (TPSA) is 79.7 Å². The second kappa shape index (κ2) is 6.35. The third-order valence-corrected chi connectivity index (χ3v) is 4.98. The molecule has 0 spiro atoms. The van der Waals surface area contributed by atoms with Crippen LogP contribution in [-0.4, -0.2) is 49.1 Å². The summed E-state index contributed by atoms with van der Waals surface area (Å²) in [5.41, 5.74) is 4.00. The Morgan fingerprint density at radius 2 is 1.78 bits per heavy atom. The fourth-order valence-electron chi connectivity index (χ4n) is 3.52. The Hall–Kier alpha value is -3.48. The molecule has 0 unspecified atom stereocenters. The van der Waals surface area contributed by atoms with Gasteiger partial charge in [-0.05, 0) is 43.2 Å². The molecule has 0 atom stereocenters. The lowest BCUT2D eigenvalue weighted by Crippen LogP contribution is -2.27. The number of rotatable bonds is 3. The maximum absolute atomic E-state index is 12.5. The molecule has 3 heterocycles. The quantitative estimate of drug-likeness (QED) is 0.610. The molecule has 1 aliphatic heterocycles. The predicted octanol–water partition coefficient (Wildman–Crippen LogP) is 3.05. The summed E-state index contributed by atoms with van der Waals surface area (Å²) in [6.45, 7) is 1.70. The van der Waals surface area contributed by atoms with Crippen molar-refractivity contribution in [2.75, 3.05) is 13.1 Å². The second-order valence-electron chi connectivity index (χ2n) is 6.71. The van der Waals surface area contributed by atoms with Crippen LogP contribution in [0.2, 0.25) is 0 Å². The molecule has 2 aromatic carbocycles. The Bertz CT molecular complexity index is 1100. The van der Waals surface area contributed by atoms with Gasteiger partial charge in [-0.25, -0.2) is 4.68 Å². The fourth-order valence-corrected chi connectivity index (χ4v) is 3.52. The summed E-state index contributed by atoms with van der Waals surface area (Å²) < 4.78 is 1.70. The lowest BCUT2D eigenvalue weighted by atomic mass is 10.1. The molecular weight excluding hydrogens is 340 g/mol. The van der Waals surface area contributed by atoms with Gasteiger partial charge in [0.25, 0.3) is 5.91 Å². The second-order valence-corrected chi connectivity index (χ2v) is 6.71. The summed E-state index contributed by atoms with van der Waals surface area (Å²) in [5, 5.41) is 16.9. The smallest absolute Gasteiger partial charge is 0.253 e. The van der Waals surface area contributed by atoms with E-state index in [4.69, 9.17) is 0 Å². The molecular formula is C20H18N6O. The lowest BCUT2D eigenvalue weighted by Gasteiger charge is -2.15. The van der Waals surface area contributed by atoms with Gasteiger partial charge in [0.1, 0.15) is 11.4 Å². The number of para-hydroxylation sites is 1. The van der Waals surface area contributed by atoms with Crippen molar-refractivity contribution < 1.29 is 4.79 Å². The fraction of sp³-hybridized carbons (Fsp3) is 0.200. The van der Waals surface area contributed by atoms with Gasteiger partial charge in [-0.15, -0.1) is 5.10 Å². The monoisotopic (exact) mass is 358 g/mol. The van der Waals surface area contributed by atoms with E-state index in [2.05, 4.69) is 20.5 Å². The number of nitrogens with zero attached hydrogens (tertiary/aromatic N) is 5. The maximum Gasteiger partial charge on any atom is 0.253 e. The van der Waals surface area contributed by atoms with E-state index in [9.17, 15) is 4.79 Å². The zero-order valence-electron chi connectivity index (χ0n) is 14.7. The van der Waals surface area contributed by atoms with Crippen molar-refractivity contribution in [1.29, 1.82) is 0 Å². The largest absolute Gasteiger partial charge is 0.339 e. The highest BCUT2D eigenvalue weighted by molar-refractivity contribution is 5.94. The number of likely N-dealkylation sites (tertiary alicyclic amines) is 1. The van der Waals surface area contributed by atoms with E-state index in [0.29, 0.717) is 11.3 Å². The summed E-state index contributed by atoms with van der Waals surface area (Å²) in [7, 11) is 0. The normalized spacial score (nSPS) is 14.1. The van der Waals surface area contributed by atoms with E-state index < -0.39 is 0 Å². The van der Waals surface area contributed by atoms with Crippen molar-refractivity contribution in [3.63, 3.8) is 0 Å². The SMILES string of the molecule is O=C(c1ccc(-n2cc(-c3n[nH]c4ccccc34)nn2)cc1)N1CCCC1. The molecule has 0 aliphatic carbocycles. The summed E-state index contributed by atoms with van der Waals surface area (Å²) in [4.78, 5) is 14.4. The van der Waals surface area contributed by atoms with Crippen LogP contribution < -0.4 is 0 Å². The third kappa shape index (κ3) is 2.77. The van der Waals surface area contributed by atoms with E-state index in [0.717, 1.165) is 48.2 Å². The molecule has 0 radical (unpaired) electrons. The standard InChI is InChI=1S/C20H18N6O/c27-20(25-11-3-4-12-25)14-7-9-15(10-8-14)26-13-18(22-24-26)19-16-5-1-2-6-17(16)21-23-19/h1-2,5-10,13H,3-4,11-12H2,(H,21,23). The summed E-state index contributed by atoms with van der Waals surface area (Å²) in [5.74, 6) is 0.0984. The molecule has 134 valence electrons. The summed E-state index contributed by atoms with van der Waals surface area (Å²) in [6.07, 6.45) is 4.03. The Morgan fingerprint density at radius 1 is 1.00 bits per heavy atom. The highest BCUT2D eigenvalue weighted by atomic mass is 16.2. The van der Waals surface area contributed by atoms with Crippen LogP contribution in [0.25, 0.3) is 28.0 Å². The Kier molecular flexibility index (Phi) is 3.71. The van der Waals surface area contributed by atoms with Gasteiger partial charge in [0.05, 0.1) is 17.4 Å². The highest BCUT2D eigenvalue weighted by Crippen LogP contribution is 2.24. The Labute approximate surface area is 155 Å². The first kappa shape index (κ1) is 15.7. The highest BCUT2D eigenvalue weighted by Gasteiger charge is 2.19. The number of aromatic nitrogens is 5. The van der Waals surface area contributed by atoms with Gasteiger partial charge in [0.2, 0.25) is 0 Å². The summed E-state index contributed by atoms with van der Waals surface area (Å²) >= 11 is 0. The molecule has 4 aromatic rings. The van der Waals surface area contributed by atoms with E-state index in [-0.39, 0.29) is 5.91 Å². The number of benzene rings is 2. The molecule has 5 rings (SSSR count). The van der Waals surface area contributed by atoms with Gasteiger partial charge in [0, 0.05) is 24.0 Å². The van der Waals surface area contributed by atoms with E-state index in [1.165, 1.54) is 0 Å². The molecule has 0 bridgehead atoms. The number of H-pyrrole nitrogens is 1. The van der Waals surface area contributed by atoms with Crippen LogP contribution in [0.15, 0.2) is 54.7 Å². The average Bonchev–Trinajstić information content (AvgIpc) is 3.47. The number of nitrogens with one attached hydrogen (secondary N) is 1. The van der Waals surface area contributed by atoms with Gasteiger partial charge >= 0.3 is 0 Å². The van der Waals surface area contributed by atoms with Crippen molar-refractivity contribution in [3.05, 3.63) is 60.3 Å². The molecule has 1 fully saturated rings. The number of carbonyl (C=O) groups excluding carboxylic acids is 1. The van der Waals surface area contributed by atoms with Gasteiger partial charge < -0.3 is 4.90 Å². The first-order chi connectivity index (χ1) is 13.3. The first-order valence-electron chi connectivity index (χ1n) is 9.05. The molecule has 1 amide bonds. The first-order valence-corrected chi connectivity index (χ1v) is 9.05. The average molecular weight is 358 g/mol. The van der Waals surface area contributed by atoms with Crippen LogP contribution in [0.3, 0.4) is 0 Å². The number of amides is 1. The van der Waals surface area contributed by atoms with Gasteiger partial charge in [-0.2, -0.15) is 5.10 Å². The number of fused-ring (bicyclic) bond motifs is 1. The zero-order valence-corrected chi connectivity index (χ0v) is 14.7. The molecule has 27 heavy (non-hydrogen) atoms. The molecule has 1 saturated heterocycles. The van der Waals surface area contributed by atoms with Gasteiger partial charge in [-0.3, -0.25) is 9.89 Å². The van der Waals surface area contributed by atoms with Crippen molar-refractivity contribution >= 4 is 16.8 Å². The predicted molar refractivity (Wildman–Crippen MR) is 102 cm³/mol. The van der Waals surface area contributed by atoms with Crippen LogP contribution in [0.4, 0.5) is 0 Å². The van der Waals surface area contributed by atoms with E-state index in [1.807, 2.05) is 59.6 Å². The minimum absolute atomic E-state index is 0.0984. The molecule has 1 N–H and O–H groups in total. The molecule has 7 nitrogen and oxygen atoms in total.